The minimum atomic E-state index is -4.52. The number of halogens is 4. The van der Waals surface area contributed by atoms with Gasteiger partial charge in [-0.25, -0.2) is 0 Å². The average molecular weight is 387 g/mol. The Morgan fingerprint density at radius 1 is 0.955 bits per heavy atom. The number of benzene rings is 2. The molecule has 0 amide bonds. The Kier molecular flexibility index (Phi) is 5.47. The number of carbonyl (C=O) groups excluding carboxylic acids is 1. The first-order chi connectivity index (χ1) is 10.4. The normalized spacial score (nSPS) is 12.7. The van der Waals surface area contributed by atoms with Crippen LogP contribution in [0.5, 0.6) is 0 Å². The second kappa shape index (κ2) is 7.15. The van der Waals surface area contributed by atoms with Gasteiger partial charge in [0.05, 0.1) is 4.91 Å². The second-order valence-electron chi connectivity index (χ2n) is 4.28. The number of allylic oxidation sites excluding steroid dienone is 1. The quantitative estimate of drug-likeness (QED) is 0.498. The van der Waals surface area contributed by atoms with Gasteiger partial charge in [0.15, 0.2) is 6.29 Å². The highest BCUT2D eigenvalue weighted by atomic mass is 79.9. The molecule has 0 N–H and O–H groups in total. The molecule has 2 aromatic carbocycles. The lowest BCUT2D eigenvalue weighted by molar-refractivity contribution is -0.104. The summed E-state index contributed by atoms with van der Waals surface area (Å²) in [6, 6.07) is 15.3. The lowest BCUT2D eigenvalue weighted by Gasteiger charge is -2.13. The molecule has 0 bridgehead atoms. The van der Waals surface area contributed by atoms with Crippen molar-refractivity contribution in [2.24, 2.45) is 0 Å². The van der Waals surface area contributed by atoms with Crippen LogP contribution < -0.4 is 0 Å². The third kappa shape index (κ3) is 4.48. The van der Waals surface area contributed by atoms with E-state index >= 15 is 0 Å². The summed E-state index contributed by atoms with van der Waals surface area (Å²) in [7, 11) is 0. The predicted octanol–water partition coefficient (Wildman–Crippen LogP) is 5.66. The molecule has 0 heterocycles. The SMILES string of the molecule is O=C/C(SC(F)(F)F)=C(/c1ccccc1)c1ccc(Br)cc1. The summed E-state index contributed by atoms with van der Waals surface area (Å²) in [5.41, 5.74) is -3.15. The fraction of sp³-hybridized carbons (Fsp3) is 0.0625. The van der Waals surface area contributed by atoms with E-state index in [1.54, 1.807) is 54.6 Å². The number of aldehydes is 1. The Hall–Kier alpha value is -1.53. The first-order valence-electron chi connectivity index (χ1n) is 6.17. The van der Waals surface area contributed by atoms with Crippen LogP contribution in [-0.4, -0.2) is 11.8 Å². The maximum atomic E-state index is 12.7. The summed E-state index contributed by atoms with van der Waals surface area (Å²) in [5, 5.41) is 0. The molecule has 0 atom stereocenters. The van der Waals surface area contributed by atoms with Gasteiger partial charge in [-0.1, -0.05) is 58.4 Å². The highest BCUT2D eigenvalue weighted by molar-refractivity contribution is 9.10. The summed E-state index contributed by atoms with van der Waals surface area (Å²) >= 11 is 2.89. The van der Waals surface area contributed by atoms with E-state index in [2.05, 4.69) is 15.9 Å². The van der Waals surface area contributed by atoms with Crippen LogP contribution >= 0.6 is 27.7 Å². The van der Waals surface area contributed by atoms with E-state index in [0.717, 1.165) is 4.47 Å². The van der Waals surface area contributed by atoms with E-state index in [9.17, 15) is 18.0 Å². The van der Waals surface area contributed by atoms with Gasteiger partial charge in [0.1, 0.15) is 0 Å². The van der Waals surface area contributed by atoms with Crippen molar-refractivity contribution in [2.45, 2.75) is 5.51 Å². The molecule has 1 nitrogen and oxygen atoms in total. The largest absolute Gasteiger partial charge is 0.446 e. The maximum Gasteiger partial charge on any atom is 0.446 e. The Bertz CT molecular complexity index is 679. The highest BCUT2D eigenvalue weighted by Gasteiger charge is 2.32. The number of rotatable bonds is 4. The van der Waals surface area contributed by atoms with Gasteiger partial charge in [0.25, 0.3) is 0 Å². The van der Waals surface area contributed by atoms with Crippen molar-refractivity contribution in [3.8, 4) is 0 Å². The Morgan fingerprint density at radius 3 is 2.00 bits per heavy atom. The van der Waals surface area contributed by atoms with Gasteiger partial charge in [-0.05, 0) is 35.0 Å². The summed E-state index contributed by atoms with van der Waals surface area (Å²) in [6.07, 6.45) is 0.253. The molecule has 6 heteroatoms. The zero-order valence-corrected chi connectivity index (χ0v) is 13.5. The molecule has 0 saturated heterocycles. The lowest BCUT2D eigenvalue weighted by atomic mass is 9.98. The summed E-state index contributed by atoms with van der Waals surface area (Å²) in [6.45, 7) is 0. The molecular weight excluding hydrogens is 377 g/mol. The Labute approximate surface area is 138 Å². The smallest absolute Gasteiger partial charge is 0.297 e. The fourth-order valence-corrected chi connectivity index (χ4v) is 2.83. The van der Waals surface area contributed by atoms with Crippen molar-refractivity contribution in [3.05, 3.63) is 75.1 Å². The van der Waals surface area contributed by atoms with Crippen LogP contribution in [0.2, 0.25) is 0 Å². The van der Waals surface area contributed by atoms with Gasteiger partial charge >= 0.3 is 5.51 Å². The van der Waals surface area contributed by atoms with Crippen LogP contribution in [0, 0.1) is 0 Å². The van der Waals surface area contributed by atoms with Crippen LogP contribution in [0.25, 0.3) is 5.57 Å². The molecule has 0 aliphatic heterocycles. The Balaban J connectivity index is 2.63. The van der Waals surface area contributed by atoms with E-state index < -0.39 is 17.3 Å². The topological polar surface area (TPSA) is 17.1 Å². The zero-order valence-electron chi connectivity index (χ0n) is 11.1. The summed E-state index contributed by atoms with van der Waals surface area (Å²) in [5.74, 6) is 0. The van der Waals surface area contributed by atoms with Gasteiger partial charge in [-0.2, -0.15) is 13.2 Å². The maximum absolute atomic E-state index is 12.7. The predicted molar refractivity (Wildman–Crippen MR) is 86.3 cm³/mol. The van der Waals surface area contributed by atoms with Gasteiger partial charge in [-0.15, -0.1) is 0 Å². The first-order valence-corrected chi connectivity index (χ1v) is 7.78. The molecule has 114 valence electrons. The first kappa shape index (κ1) is 16.8. The van der Waals surface area contributed by atoms with Crippen LogP contribution in [0.4, 0.5) is 13.2 Å². The molecule has 0 saturated carbocycles. The van der Waals surface area contributed by atoms with Gasteiger partial charge in [-0.3, -0.25) is 4.79 Å². The third-order valence-electron chi connectivity index (χ3n) is 2.77. The van der Waals surface area contributed by atoms with E-state index in [4.69, 9.17) is 0 Å². The van der Waals surface area contributed by atoms with Crippen LogP contribution in [-0.2, 0) is 4.79 Å². The van der Waals surface area contributed by atoms with Gasteiger partial charge < -0.3 is 0 Å². The lowest BCUT2D eigenvalue weighted by Crippen LogP contribution is -2.03. The number of hydrogen-bond acceptors (Lipinski definition) is 2. The molecule has 0 aromatic heterocycles. The van der Waals surface area contributed by atoms with Crippen molar-refractivity contribution in [1.82, 2.24) is 0 Å². The summed E-state index contributed by atoms with van der Waals surface area (Å²) < 4.78 is 38.9. The molecule has 0 fully saturated rings. The van der Waals surface area contributed by atoms with Crippen molar-refractivity contribution >= 4 is 39.6 Å². The van der Waals surface area contributed by atoms with E-state index in [1.807, 2.05) is 0 Å². The number of hydrogen-bond donors (Lipinski definition) is 0. The molecule has 2 aromatic rings. The van der Waals surface area contributed by atoms with Crippen LogP contribution in [0.1, 0.15) is 11.1 Å². The highest BCUT2D eigenvalue weighted by Crippen LogP contribution is 2.41. The molecule has 0 spiro atoms. The van der Waals surface area contributed by atoms with Crippen LogP contribution in [0.3, 0.4) is 0 Å². The van der Waals surface area contributed by atoms with E-state index in [1.165, 1.54) is 0 Å². The van der Waals surface area contributed by atoms with Crippen molar-refractivity contribution in [2.75, 3.05) is 0 Å². The molecule has 0 radical (unpaired) electrons. The molecule has 2 rings (SSSR count). The van der Waals surface area contributed by atoms with Crippen molar-refractivity contribution < 1.29 is 18.0 Å². The molecule has 0 aliphatic carbocycles. The van der Waals surface area contributed by atoms with Gasteiger partial charge in [0, 0.05) is 10.0 Å². The fourth-order valence-electron chi connectivity index (χ4n) is 1.93. The van der Waals surface area contributed by atoms with Crippen molar-refractivity contribution in [3.63, 3.8) is 0 Å². The molecule has 22 heavy (non-hydrogen) atoms. The van der Waals surface area contributed by atoms with E-state index in [-0.39, 0.29) is 16.8 Å². The minimum absolute atomic E-state index is 0.253. The average Bonchev–Trinajstić information content (AvgIpc) is 2.48. The van der Waals surface area contributed by atoms with Crippen molar-refractivity contribution in [1.29, 1.82) is 0 Å². The zero-order chi connectivity index (χ0) is 16.2. The second-order valence-corrected chi connectivity index (χ2v) is 6.30. The number of thioether (sulfide) groups is 1. The Morgan fingerprint density at radius 2 is 1.50 bits per heavy atom. The third-order valence-corrected chi connectivity index (χ3v) is 4.05. The molecule has 0 aliphatic rings. The van der Waals surface area contributed by atoms with Crippen LogP contribution in [0.15, 0.2) is 64.0 Å². The minimum Gasteiger partial charge on any atom is -0.297 e. The standard InChI is InChI=1S/C16H10BrF3OS/c17-13-8-6-12(7-9-13)15(11-4-2-1-3-5-11)14(10-21)22-16(18,19)20/h1-10H/b15-14+. The monoisotopic (exact) mass is 386 g/mol. The molecular formula is C16H10BrF3OS. The number of alkyl halides is 3. The van der Waals surface area contributed by atoms with E-state index in [0.29, 0.717) is 11.1 Å². The number of carbonyl (C=O) groups is 1. The molecule has 0 unspecified atom stereocenters. The summed E-state index contributed by atoms with van der Waals surface area (Å²) in [4.78, 5) is 10.9. The van der Waals surface area contributed by atoms with Gasteiger partial charge in [0.2, 0.25) is 0 Å².